The predicted octanol–water partition coefficient (Wildman–Crippen LogP) is 2.26. The summed E-state index contributed by atoms with van der Waals surface area (Å²) < 4.78 is 0. The highest BCUT2D eigenvalue weighted by Gasteiger charge is 2.32. The smallest absolute Gasteiger partial charge is 0.134 e. The molecule has 0 amide bonds. The Morgan fingerprint density at radius 1 is 1.54 bits per heavy atom. The van der Waals surface area contributed by atoms with Crippen molar-refractivity contribution in [2.45, 2.75) is 26.3 Å². The molecule has 0 radical (unpaired) electrons. The molecule has 2 unspecified atom stereocenters. The van der Waals surface area contributed by atoms with Crippen LogP contribution >= 0.6 is 11.6 Å². The van der Waals surface area contributed by atoms with Crippen LogP contribution in [0.1, 0.15) is 19.2 Å². The SMILES string of the molecule is Cc1nc(Cl)cc(NC2CC2C)n1. The van der Waals surface area contributed by atoms with Gasteiger partial charge in [-0.2, -0.15) is 0 Å². The number of hydrogen-bond acceptors (Lipinski definition) is 3. The van der Waals surface area contributed by atoms with Gasteiger partial charge >= 0.3 is 0 Å². The summed E-state index contributed by atoms with van der Waals surface area (Å²) in [6.45, 7) is 4.06. The third kappa shape index (κ3) is 2.10. The first-order valence-corrected chi connectivity index (χ1v) is 4.80. The molecular weight excluding hydrogens is 186 g/mol. The molecule has 0 saturated heterocycles. The molecule has 1 aliphatic rings. The Labute approximate surface area is 82.5 Å². The maximum absolute atomic E-state index is 5.80. The van der Waals surface area contributed by atoms with Gasteiger partial charge in [0, 0.05) is 12.1 Å². The van der Waals surface area contributed by atoms with Gasteiger partial charge in [-0.1, -0.05) is 18.5 Å². The van der Waals surface area contributed by atoms with Crippen molar-refractivity contribution in [3.63, 3.8) is 0 Å². The molecule has 13 heavy (non-hydrogen) atoms. The number of anilines is 1. The van der Waals surface area contributed by atoms with Crippen molar-refractivity contribution in [2.75, 3.05) is 5.32 Å². The van der Waals surface area contributed by atoms with Crippen molar-refractivity contribution in [3.05, 3.63) is 17.0 Å². The molecule has 0 spiro atoms. The average Bonchev–Trinajstić information content (AvgIpc) is 2.63. The Hall–Kier alpha value is -0.830. The van der Waals surface area contributed by atoms with Crippen molar-refractivity contribution < 1.29 is 0 Å². The van der Waals surface area contributed by atoms with Gasteiger partial charge in [-0.15, -0.1) is 0 Å². The van der Waals surface area contributed by atoms with Crippen molar-refractivity contribution >= 4 is 17.4 Å². The largest absolute Gasteiger partial charge is 0.367 e. The van der Waals surface area contributed by atoms with Crippen LogP contribution in [0.4, 0.5) is 5.82 Å². The monoisotopic (exact) mass is 197 g/mol. The van der Waals surface area contributed by atoms with Gasteiger partial charge in [0.1, 0.15) is 16.8 Å². The van der Waals surface area contributed by atoms with Gasteiger partial charge in [-0.3, -0.25) is 0 Å². The second-order valence-electron chi connectivity index (χ2n) is 3.59. The molecule has 4 heteroatoms. The summed E-state index contributed by atoms with van der Waals surface area (Å²) in [6, 6.07) is 2.34. The second-order valence-corrected chi connectivity index (χ2v) is 3.97. The van der Waals surface area contributed by atoms with E-state index in [2.05, 4.69) is 22.2 Å². The third-order valence-electron chi connectivity index (χ3n) is 2.25. The van der Waals surface area contributed by atoms with Gasteiger partial charge in [-0.05, 0) is 19.3 Å². The average molecular weight is 198 g/mol. The molecule has 2 atom stereocenters. The second kappa shape index (κ2) is 3.14. The van der Waals surface area contributed by atoms with Crippen LogP contribution in [-0.4, -0.2) is 16.0 Å². The molecule has 70 valence electrons. The molecule has 1 aliphatic carbocycles. The minimum Gasteiger partial charge on any atom is -0.367 e. The molecule has 1 heterocycles. The first kappa shape index (κ1) is 8.75. The lowest BCUT2D eigenvalue weighted by molar-refractivity contribution is 0.917. The van der Waals surface area contributed by atoms with Crippen LogP contribution in [0.3, 0.4) is 0 Å². The summed E-state index contributed by atoms with van der Waals surface area (Å²) >= 11 is 5.80. The first-order valence-electron chi connectivity index (χ1n) is 4.43. The van der Waals surface area contributed by atoms with E-state index in [9.17, 15) is 0 Å². The van der Waals surface area contributed by atoms with Crippen molar-refractivity contribution in [1.29, 1.82) is 0 Å². The highest BCUT2D eigenvalue weighted by Crippen LogP contribution is 2.32. The molecular formula is C9H12ClN3. The van der Waals surface area contributed by atoms with Crippen LogP contribution in [0.25, 0.3) is 0 Å². The van der Waals surface area contributed by atoms with Crippen molar-refractivity contribution in [1.82, 2.24) is 9.97 Å². The number of hydrogen-bond donors (Lipinski definition) is 1. The Balaban J connectivity index is 2.11. The lowest BCUT2D eigenvalue weighted by atomic mass is 10.4. The Morgan fingerprint density at radius 2 is 2.23 bits per heavy atom. The van der Waals surface area contributed by atoms with Crippen LogP contribution in [0, 0.1) is 12.8 Å². The van der Waals surface area contributed by atoms with E-state index in [0.717, 1.165) is 11.7 Å². The highest BCUT2D eigenvalue weighted by atomic mass is 35.5. The van der Waals surface area contributed by atoms with Gasteiger partial charge < -0.3 is 5.32 Å². The van der Waals surface area contributed by atoms with Crippen molar-refractivity contribution in [3.8, 4) is 0 Å². The summed E-state index contributed by atoms with van der Waals surface area (Å²) in [4.78, 5) is 8.24. The number of rotatable bonds is 2. The molecule has 1 aromatic heterocycles. The molecule has 2 rings (SSSR count). The van der Waals surface area contributed by atoms with E-state index in [0.29, 0.717) is 17.0 Å². The minimum absolute atomic E-state index is 0.503. The van der Waals surface area contributed by atoms with Crippen LogP contribution < -0.4 is 5.32 Å². The summed E-state index contributed by atoms with van der Waals surface area (Å²) in [5.74, 6) is 2.31. The summed E-state index contributed by atoms with van der Waals surface area (Å²) in [5, 5.41) is 3.81. The van der Waals surface area contributed by atoms with Gasteiger partial charge in [-0.25, -0.2) is 9.97 Å². The highest BCUT2D eigenvalue weighted by molar-refractivity contribution is 6.29. The fourth-order valence-electron chi connectivity index (χ4n) is 1.32. The zero-order valence-corrected chi connectivity index (χ0v) is 8.47. The lowest BCUT2D eigenvalue weighted by Crippen LogP contribution is -2.06. The van der Waals surface area contributed by atoms with Gasteiger partial charge in [0.25, 0.3) is 0 Å². The molecule has 1 fully saturated rings. The number of nitrogens with one attached hydrogen (secondary N) is 1. The quantitative estimate of drug-likeness (QED) is 0.740. The fourth-order valence-corrected chi connectivity index (χ4v) is 1.54. The Kier molecular flexibility index (Phi) is 2.12. The van der Waals surface area contributed by atoms with E-state index in [1.807, 2.05) is 6.92 Å². The molecule has 0 aliphatic heterocycles. The number of aromatic nitrogens is 2. The van der Waals surface area contributed by atoms with Gasteiger partial charge in [0.15, 0.2) is 0 Å². The Bertz CT molecular complexity index is 306. The number of aryl methyl sites for hydroxylation is 1. The van der Waals surface area contributed by atoms with Gasteiger partial charge in [0.05, 0.1) is 0 Å². The summed E-state index contributed by atoms with van der Waals surface area (Å²) in [7, 11) is 0. The third-order valence-corrected chi connectivity index (χ3v) is 2.44. The van der Waals surface area contributed by atoms with Gasteiger partial charge in [0.2, 0.25) is 0 Å². The van der Waals surface area contributed by atoms with E-state index in [-0.39, 0.29) is 0 Å². The Morgan fingerprint density at radius 3 is 2.77 bits per heavy atom. The molecule has 1 N–H and O–H groups in total. The predicted molar refractivity (Wildman–Crippen MR) is 53.0 cm³/mol. The standard InChI is InChI=1S/C9H12ClN3/c1-5-3-7(5)13-9-4-8(10)11-6(2)12-9/h4-5,7H,3H2,1-2H3,(H,11,12,13). The van der Waals surface area contributed by atoms with E-state index in [1.54, 1.807) is 6.07 Å². The number of nitrogens with zero attached hydrogens (tertiary/aromatic N) is 2. The minimum atomic E-state index is 0.503. The maximum Gasteiger partial charge on any atom is 0.134 e. The van der Waals surface area contributed by atoms with Crippen LogP contribution in [-0.2, 0) is 0 Å². The zero-order chi connectivity index (χ0) is 9.42. The van der Waals surface area contributed by atoms with Crippen molar-refractivity contribution in [2.24, 2.45) is 5.92 Å². The van der Waals surface area contributed by atoms with Crippen LogP contribution in [0.5, 0.6) is 0 Å². The topological polar surface area (TPSA) is 37.8 Å². The molecule has 0 aromatic carbocycles. The van der Waals surface area contributed by atoms with E-state index < -0.39 is 0 Å². The van der Waals surface area contributed by atoms with Crippen LogP contribution in [0.15, 0.2) is 6.07 Å². The molecule has 3 nitrogen and oxygen atoms in total. The maximum atomic E-state index is 5.80. The fraction of sp³-hybridized carbons (Fsp3) is 0.556. The number of halogens is 1. The normalized spacial score (nSPS) is 25.8. The van der Waals surface area contributed by atoms with Crippen LogP contribution in [0.2, 0.25) is 5.15 Å². The summed E-state index contributed by atoms with van der Waals surface area (Å²) in [6.07, 6.45) is 1.22. The van der Waals surface area contributed by atoms with E-state index in [4.69, 9.17) is 11.6 Å². The van der Waals surface area contributed by atoms with E-state index in [1.165, 1.54) is 6.42 Å². The first-order chi connectivity index (χ1) is 6.15. The lowest BCUT2D eigenvalue weighted by Gasteiger charge is -2.04. The molecule has 0 bridgehead atoms. The summed E-state index contributed by atoms with van der Waals surface area (Å²) in [5.41, 5.74) is 0. The zero-order valence-electron chi connectivity index (χ0n) is 7.71. The molecule has 1 aromatic rings. The van der Waals surface area contributed by atoms with E-state index >= 15 is 0 Å². The molecule has 1 saturated carbocycles.